The van der Waals surface area contributed by atoms with Crippen LogP contribution in [0.4, 0.5) is 8.78 Å². The highest BCUT2D eigenvalue weighted by Gasteiger charge is 2.37. The molecule has 2 fully saturated rings. The van der Waals surface area contributed by atoms with Crippen molar-refractivity contribution in [1.29, 1.82) is 0 Å². The molecule has 0 spiro atoms. The number of hydrogen-bond acceptors (Lipinski definition) is 4. The number of hydrogen-bond donors (Lipinski definition) is 1. The van der Waals surface area contributed by atoms with Gasteiger partial charge in [0.2, 0.25) is 5.91 Å². The third kappa shape index (κ3) is 4.15. The number of nitrogens with zero attached hydrogens (tertiary/aromatic N) is 3. The van der Waals surface area contributed by atoms with E-state index >= 15 is 8.78 Å². The van der Waals surface area contributed by atoms with Crippen molar-refractivity contribution in [3.63, 3.8) is 0 Å². The Kier molecular flexibility index (Phi) is 5.47. The Morgan fingerprint density at radius 2 is 1.82 bits per heavy atom. The van der Waals surface area contributed by atoms with Crippen LogP contribution in [0.3, 0.4) is 0 Å². The summed E-state index contributed by atoms with van der Waals surface area (Å²) in [5, 5.41) is 6.34. The number of H-pyrrole nitrogens is 1. The molecule has 0 radical (unpaired) electrons. The van der Waals surface area contributed by atoms with E-state index in [-0.39, 0.29) is 23.6 Å². The van der Waals surface area contributed by atoms with Crippen molar-refractivity contribution in [2.45, 2.75) is 25.7 Å². The fourth-order valence-electron chi connectivity index (χ4n) is 4.47. The van der Waals surface area contributed by atoms with Gasteiger partial charge in [-0.3, -0.25) is 4.79 Å². The number of ether oxygens (including phenoxy) is 1. The van der Waals surface area contributed by atoms with Crippen molar-refractivity contribution in [2.24, 2.45) is 11.8 Å². The third-order valence-corrected chi connectivity index (χ3v) is 6.40. The number of aromatic amines is 1. The van der Waals surface area contributed by atoms with Crippen LogP contribution in [0.5, 0.6) is 5.75 Å². The molecule has 0 bridgehead atoms. The lowest BCUT2D eigenvalue weighted by atomic mass is 10.0. The minimum atomic E-state index is -0.859. The first kappa shape index (κ1) is 21.4. The van der Waals surface area contributed by atoms with E-state index in [0.717, 1.165) is 23.8 Å². The summed E-state index contributed by atoms with van der Waals surface area (Å²) >= 11 is 0. The zero-order valence-corrected chi connectivity index (χ0v) is 18.2. The van der Waals surface area contributed by atoms with Crippen molar-refractivity contribution in [1.82, 2.24) is 19.7 Å². The molecule has 9 heteroatoms. The molecule has 1 N–H and O–H groups in total. The van der Waals surface area contributed by atoms with E-state index in [2.05, 4.69) is 10.2 Å². The van der Waals surface area contributed by atoms with Gasteiger partial charge in [-0.25, -0.2) is 23.2 Å². The SMILES string of the molecule is COc1ccc(-c2cc(F)c(-n3c(C[C@@H]4CCN(C(=O)C5CC5)C4)n[nH]c3=O)c(F)c2)cc1. The van der Waals surface area contributed by atoms with Gasteiger partial charge in [0, 0.05) is 25.4 Å². The summed E-state index contributed by atoms with van der Waals surface area (Å²) < 4.78 is 36.3. The number of carbonyl (C=O) groups is 1. The van der Waals surface area contributed by atoms with Gasteiger partial charge in [0.15, 0.2) is 11.6 Å². The molecule has 5 rings (SSSR count). The van der Waals surface area contributed by atoms with E-state index in [1.165, 1.54) is 19.2 Å². The Morgan fingerprint density at radius 3 is 2.45 bits per heavy atom. The number of rotatable bonds is 6. The maximum Gasteiger partial charge on any atom is 0.348 e. The Balaban J connectivity index is 1.41. The quantitative estimate of drug-likeness (QED) is 0.620. The minimum absolute atomic E-state index is 0.0753. The molecule has 1 amide bonds. The lowest BCUT2D eigenvalue weighted by Gasteiger charge is -2.16. The predicted octanol–water partition coefficient (Wildman–Crippen LogP) is 3.32. The van der Waals surface area contributed by atoms with Crippen molar-refractivity contribution in [3.05, 3.63) is 64.3 Å². The Hall–Kier alpha value is -3.49. The van der Waals surface area contributed by atoms with Gasteiger partial charge in [-0.2, -0.15) is 5.10 Å². The second kappa shape index (κ2) is 8.46. The number of methoxy groups -OCH3 is 1. The summed E-state index contributed by atoms with van der Waals surface area (Å²) in [5.74, 6) is -0.421. The summed E-state index contributed by atoms with van der Waals surface area (Å²) in [6.45, 7) is 1.23. The van der Waals surface area contributed by atoms with Gasteiger partial charge >= 0.3 is 5.69 Å². The molecule has 1 aliphatic heterocycles. The number of nitrogens with one attached hydrogen (secondary N) is 1. The Labute approximate surface area is 189 Å². The lowest BCUT2D eigenvalue weighted by Crippen LogP contribution is -2.30. The molecule has 33 heavy (non-hydrogen) atoms. The summed E-state index contributed by atoms with van der Waals surface area (Å²) in [7, 11) is 1.54. The topological polar surface area (TPSA) is 80.2 Å². The normalized spacial score (nSPS) is 18.0. The summed E-state index contributed by atoms with van der Waals surface area (Å²) in [4.78, 5) is 26.6. The van der Waals surface area contributed by atoms with Crippen LogP contribution in [0.15, 0.2) is 41.2 Å². The van der Waals surface area contributed by atoms with Gasteiger partial charge in [0.1, 0.15) is 17.3 Å². The molecule has 2 aromatic carbocycles. The molecule has 1 aliphatic carbocycles. The van der Waals surface area contributed by atoms with Crippen molar-refractivity contribution < 1.29 is 18.3 Å². The van der Waals surface area contributed by atoms with E-state index < -0.39 is 23.0 Å². The van der Waals surface area contributed by atoms with E-state index in [0.29, 0.717) is 36.4 Å². The number of benzene rings is 2. The van der Waals surface area contributed by atoms with Crippen LogP contribution < -0.4 is 10.4 Å². The molecular weight excluding hydrogens is 430 g/mol. The molecule has 2 aliphatic rings. The average Bonchev–Trinajstić information content (AvgIpc) is 3.47. The Bertz CT molecular complexity index is 1220. The molecule has 0 unspecified atom stereocenters. The molecule has 2 heterocycles. The van der Waals surface area contributed by atoms with Crippen LogP contribution in [-0.2, 0) is 11.2 Å². The second-order valence-corrected chi connectivity index (χ2v) is 8.71. The number of aromatic nitrogens is 3. The third-order valence-electron chi connectivity index (χ3n) is 6.40. The number of likely N-dealkylation sites (tertiary alicyclic amines) is 1. The largest absolute Gasteiger partial charge is 0.497 e. The van der Waals surface area contributed by atoms with Gasteiger partial charge in [-0.1, -0.05) is 12.1 Å². The van der Waals surface area contributed by atoms with Crippen molar-refractivity contribution in [3.8, 4) is 22.6 Å². The fourth-order valence-corrected chi connectivity index (χ4v) is 4.47. The highest BCUT2D eigenvalue weighted by atomic mass is 19.1. The van der Waals surface area contributed by atoms with Crippen LogP contribution in [-0.4, -0.2) is 45.8 Å². The molecule has 1 saturated heterocycles. The van der Waals surface area contributed by atoms with Gasteiger partial charge in [0.05, 0.1) is 7.11 Å². The van der Waals surface area contributed by atoms with Crippen LogP contribution >= 0.6 is 0 Å². The zero-order chi connectivity index (χ0) is 23.1. The van der Waals surface area contributed by atoms with Crippen molar-refractivity contribution in [2.75, 3.05) is 20.2 Å². The lowest BCUT2D eigenvalue weighted by molar-refractivity contribution is -0.131. The van der Waals surface area contributed by atoms with E-state index in [4.69, 9.17) is 4.74 Å². The van der Waals surface area contributed by atoms with Crippen LogP contribution in [0.1, 0.15) is 25.1 Å². The van der Waals surface area contributed by atoms with Gasteiger partial charge in [0.25, 0.3) is 0 Å². The summed E-state index contributed by atoms with van der Waals surface area (Å²) in [5.41, 5.74) is -0.195. The maximum atomic E-state index is 15.1. The highest BCUT2D eigenvalue weighted by Crippen LogP contribution is 2.33. The molecule has 3 aromatic rings. The van der Waals surface area contributed by atoms with Crippen molar-refractivity contribution >= 4 is 5.91 Å². The van der Waals surface area contributed by atoms with E-state index in [1.807, 2.05) is 4.90 Å². The zero-order valence-electron chi connectivity index (χ0n) is 18.2. The molecule has 172 valence electrons. The van der Waals surface area contributed by atoms with E-state index in [9.17, 15) is 9.59 Å². The highest BCUT2D eigenvalue weighted by molar-refractivity contribution is 5.81. The molecule has 1 atom stereocenters. The minimum Gasteiger partial charge on any atom is -0.497 e. The number of halogens is 2. The van der Waals surface area contributed by atoms with Gasteiger partial charge in [-0.05, 0) is 60.6 Å². The Morgan fingerprint density at radius 1 is 1.12 bits per heavy atom. The molecular formula is C24H24F2N4O3. The first-order valence-electron chi connectivity index (χ1n) is 11.0. The first-order chi connectivity index (χ1) is 15.9. The number of amides is 1. The van der Waals surface area contributed by atoms with Crippen LogP contribution in [0.2, 0.25) is 0 Å². The predicted molar refractivity (Wildman–Crippen MR) is 117 cm³/mol. The maximum absolute atomic E-state index is 15.1. The van der Waals surface area contributed by atoms with Gasteiger partial charge in [-0.15, -0.1) is 0 Å². The molecule has 1 saturated carbocycles. The fraction of sp³-hybridized carbons (Fsp3) is 0.375. The van der Waals surface area contributed by atoms with Gasteiger partial charge < -0.3 is 9.64 Å². The second-order valence-electron chi connectivity index (χ2n) is 8.71. The van der Waals surface area contributed by atoms with Crippen LogP contribution in [0, 0.1) is 23.5 Å². The average molecular weight is 454 g/mol. The molecule has 7 nitrogen and oxygen atoms in total. The molecule has 1 aromatic heterocycles. The first-order valence-corrected chi connectivity index (χ1v) is 11.0. The monoisotopic (exact) mass is 454 g/mol. The smallest absolute Gasteiger partial charge is 0.348 e. The number of carbonyl (C=O) groups excluding carboxylic acids is 1. The van der Waals surface area contributed by atoms with E-state index in [1.54, 1.807) is 24.3 Å². The summed E-state index contributed by atoms with van der Waals surface area (Å²) in [6.07, 6.45) is 3.00. The summed E-state index contributed by atoms with van der Waals surface area (Å²) in [6, 6.07) is 9.23. The standard InChI is InChI=1S/C24H24F2N4O3/c1-33-18-6-4-15(5-7-18)17-11-19(25)22(20(26)12-17)30-21(27-28-24(30)32)10-14-8-9-29(13-14)23(31)16-2-3-16/h4-7,11-12,14,16H,2-3,8-10,13H2,1H3,(H,28,32)/t14-/m0/s1. The van der Waals surface area contributed by atoms with Crippen LogP contribution in [0.25, 0.3) is 16.8 Å².